The molecule has 0 aliphatic carbocycles. The molecule has 2 aromatic rings. The molecule has 2 rings (SSSR count). The fraction of sp³-hybridized carbons (Fsp3) is 0.0833. The molecule has 3 N–H and O–H groups in total. The summed E-state index contributed by atoms with van der Waals surface area (Å²) in [6, 6.07) is 10.9. The Balaban J connectivity index is 1.96. The molecule has 0 spiro atoms. The normalized spacial score (nSPS) is 11.2. The molecule has 19 heavy (non-hydrogen) atoms. The molecule has 0 aliphatic rings. The van der Waals surface area contributed by atoms with Crippen LogP contribution in [-0.2, 0) is 16.0 Å². The van der Waals surface area contributed by atoms with E-state index in [1.807, 2.05) is 30.5 Å². The quantitative estimate of drug-likeness (QED) is 0.826. The number of rotatable bonds is 5. The molecule has 1 aromatic heterocycles. The largest absolute Gasteiger partial charge is 0.296 e. The number of nitrogens with two attached hydrogens (primary N) is 1. The van der Waals surface area contributed by atoms with Gasteiger partial charge in [-0.25, -0.2) is 5.14 Å². The van der Waals surface area contributed by atoms with Gasteiger partial charge in [-0.05, 0) is 35.9 Å². The molecule has 100 valence electrons. The van der Waals surface area contributed by atoms with Crippen LogP contribution in [0.15, 0.2) is 53.7 Å². The number of aromatic nitrogens is 1. The fourth-order valence-electron chi connectivity index (χ4n) is 1.43. The summed E-state index contributed by atoms with van der Waals surface area (Å²) in [5, 5.41) is 4.89. The summed E-state index contributed by atoms with van der Waals surface area (Å²) in [5.74, 6) is 0.815. The summed E-state index contributed by atoms with van der Waals surface area (Å²) in [6.45, 7) is 0. The highest BCUT2D eigenvalue weighted by molar-refractivity contribution is 7.98. The standard InChI is InChI=1S/C12H13N3O2S2/c13-19(16,17)15-11-3-5-12(6-4-11)18-9-10-2-1-7-14-8-10/h1-8,15H,9H2,(H2,13,16,17). The summed E-state index contributed by atoms with van der Waals surface area (Å²) in [7, 11) is -3.71. The van der Waals surface area contributed by atoms with Gasteiger partial charge in [-0.15, -0.1) is 11.8 Å². The molecule has 5 nitrogen and oxygen atoms in total. The third-order valence-electron chi connectivity index (χ3n) is 2.24. The molecular formula is C12H13N3O2S2. The molecule has 0 saturated heterocycles. The van der Waals surface area contributed by atoms with Crippen LogP contribution in [0.25, 0.3) is 0 Å². The zero-order valence-corrected chi connectivity index (χ0v) is 11.6. The van der Waals surface area contributed by atoms with Gasteiger partial charge in [0.1, 0.15) is 0 Å². The second-order valence-corrected chi connectivity index (χ2v) is 6.16. The number of anilines is 1. The van der Waals surface area contributed by atoms with Crippen LogP contribution in [0.3, 0.4) is 0 Å². The zero-order valence-electron chi connectivity index (χ0n) is 9.98. The Bertz CT molecular complexity index is 628. The predicted molar refractivity (Wildman–Crippen MR) is 77.0 cm³/mol. The van der Waals surface area contributed by atoms with E-state index in [0.717, 1.165) is 16.2 Å². The molecule has 0 amide bonds. The van der Waals surface area contributed by atoms with Crippen LogP contribution < -0.4 is 9.86 Å². The van der Waals surface area contributed by atoms with Gasteiger partial charge in [0.15, 0.2) is 0 Å². The van der Waals surface area contributed by atoms with Crippen LogP contribution in [0.1, 0.15) is 5.56 Å². The molecule has 0 saturated carbocycles. The highest BCUT2D eigenvalue weighted by Gasteiger charge is 2.02. The van der Waals surface area contributed by atoms with E-state index in [4.69, 9.17) is 5.14 Å². The fourth-order valence-corrected chi connectivity index (χ4v) is 2.73. The van der Waals surface area contributed by atoms with Crippen molar-refractivity contribution in [2.24, 2.45) is 5.14 Å². The first-order valence-electron chi connectivity index (χ1n) is 5.45. The highest BCUT2D eigenvalue weighted by Crippen LogP contribution is 2.23. The van der Waals surface area contributed by atoms with Gasteiger partial charge in [-0.2, -0.15) is 8.42 Å². The van der Waals surface area contributed by atoms with Gasteiger partial charge in [0.25, 0.3) is 10.2 Å². The first kappa shape index (κ1) is 13.9. The first-order valence-corrected chi connectivity index (χ1v) is 7.98. The third-order valence-corrected chi connectivity index (χ3v) is 3.85. The van der Waals surface area contributed by atoms with Crippen molar-refractivity contribution >= 4 is 27.7 Å². The van der Waals surface area contributed by atoms with Gasteiger partial charge >= 0.3 is 0 Å². The van der Waals surface area contributed by atoms with Crippen LogP contribution in [0.2, 0.25) is 0 Å². The number of pyridine rings is 1. The lowest BCUT2D eigenvalue weighted by molar-refractivity contribution is 0.603. The van der Waals surface area contributed by atoms with Crippen molar-refractivity contribution < 1.29 is 8.42 Å². The Morgan fingerprint density at radius 1 is 1.21 bits per heavy atom. The van der Waals surface area contributed by atoms with Gasteiger partial charge in [0, 0.05) is 28.7 Å². The molecule has 0 atom stereocenters. The number of hydrogen-bond donors (Lipinski definition) is 2. The predicted octanol–water partition coefficient (Wildman–Crippen LogP) is 1.99. The van der Waals surface area contributed by atoms with Crippen molar-refractivity contribution in [1.82, 2.24) is 4.98 Å². The van der Waals surface area contributed by atoms with Gasteiger partial charge in [0.2, 0.25) is 0 Å². The van der Waals surface area contributed by atoms with E-state index in [2.05, 4.69) is 9.71 Å². The van der Waals surface area contributed by atoms with E-state index in [0.29, 0.717) is 5.69 Å². The van der Waals surface area contributed by atoms with E-state index >= 15 is 0 Å². The van der Waals surface area contributed by atoms with Gasteiger partial charge in [-0.1, -0.05) is 6.07 Å². The van der Waals surface area contributed by atoms with Crippen molar-refractivity contribution in [1.29, 1.82) is 0 Å². The van der Waals surface area contributed by atoms with Crippen molar-refractivity contribution in [2.75, 3.05) is 4.72 Å². The number of nitrogens with one attached hydrogen (secondary N) is 1. The molecule has 0 aliphatic heterocycles. The maximum absolute atomic E-state index is 10.9. The molecule has 7 heteroatoms. The first-order chi connectivity index (χ1) is 9.03. The Morgan fingerprint density at radius 3 is 2.53 bits per heavy atom. The SMILES string of the molecule is NS(=O)(=O)Nc1ccc(SCc2cccnc2)cc1. The monoisotopic (exact) mass is 295 g/mol. The van der Waals surface area contributed by atoms with E-state index in [1.165, 1.54) is 0 Å². The van der Waals surface area contributed by atoms with E-state index < -0.39 is 10.2 Å². The lowest BCUT2D eigenvalue weighted by Gasteiger charge is -2.05. The van der Waals surface area contributed by atoms with E-state index in [9.17, 15) is 8.42 Å². The molecule has 0 radical (unpaired) electrons. The van der Waals surface area contributed by atoms with Crippen molar-refractivity contribution in [2.45, 2.75) is 10.6 Å². The number of benzene rings is 1. The number of thioether (sulfide) groups is 1. The van der Waals surface area contributed by atoms with Crippen molar-refractivity contribution in [3.63, 3.8) is 0 Å². The van der Waals surface area contributed by atoms with E-state index in [1.54, 1.807) is 30.1 Å². The minimum absolute atomic E-state index is 0.452. The van der Waals surface area contributed by atoms with Gasteiger partial charge in [-0.3, -0.25) is 9.71 Å². The number of nitrogens with zero attached hydrogens (tertiary/aromatic N) is 1. The Hall–Kier alpha value is -1.57. The van der Waals surface area contributed by atoms with Crippen LogP contribution >= 0.6 is 11.8 Å². The summed E-state index contributed by atoms with van der Waals surface area (Å²) in [4.78, 5) is 5.09. The summed E-state index contributed by atoms with van der Waals surface area (Å²) in [5.41, 5.74) is 1.59. The Labute approximate surface area is 116 Å². The third kappa shape index (κ3) is 4.90. The van der Waals surface area contributed by atoms with Crippen LogP contribution in [0.5, 0.6) is 0 Å². The molecule has 0 bridgehead atoms. The van der Waals surface area contributed by atoms with Crippen LogP contribution in [0, 0.1) is 0 Å². The molecule has 0 fully saturated rings. The van der Waals surface area contributed by atoms with Crippen LogP contribution in [-0.4, -0.2) is 13.4 Å². The van der Waals surface area contributed by atoms with E-state index in [-0.39, 0.29) is 0 Å². The second kappa shape index (κ2) is 6.05. The lowest BCUT2D eigenvalue weighted by atomic mass is 10.3. The Morgan fingerprint density at radius 2 is 1.95 bits per heavy atom. The highest BCUT2D eigenvalue weighted by atomic mass is 32.2. The smallest absolute Gasteiger partial charge is 0.271 e. The molecular weight excluding hydrogens is 282 g/mol. The number of hydrogen-bond acceptors (Lipinski definition) is 4. The minimum Gasteiger partial charge on any atom is -0.271 e. The maximum Gasteiger partial charge on any atom is 0.296 e. The Kier molecular flexibility index (Phi) is 4.41. The van der Waals surface area contributed by atoms with Gasteiger partial charge < -0.3 is 0 Å². The molecule has 0 unspecified atom stereocenters. The average molecular weight is 295 g/mol. The molecule has 1 aromatic carbocycles. The van der Waals surface area contributed by atoms with Crippen LogP contribution in [0.4, 0.5) is 5.69 Å². The van der Waals surface area contributed by atoms with Crippen molar-refractivity contribution in [3.05, 3.63) is 54.4 Å². The minimum atomic E-state index is -3.71. The van der Waals surface area contributed by atoms with Crippen molar-refractivity contribution in [3.8, 4) is 0 Å². The summed E-state index contributed by atoms with van der Waals surface area (Å²) in [6.07, 6.45) is 3.56. The summed E-state index contributed by atoms with van der Waals surface area (Å²) < 4.78 is 23.9. The average Bonchev–Trinajstić information content (AvgIpc) is 2.37. The summed E-state index contributed by atoms with van der Waals surface area (Å²) >= 11 is 1.65. The maximum atomic E-state index is 10.9. The zero-order chi connectivity index (χ0) is 13.7. The second-order valence-electron chi connectivity index (χ2n) is 3.82. The molecule has 1 heterocycles. The lowest BCUT2D eigenvalue weighted by Crippen LogP contribution is -2.21. The van der Waals surface area contributed by atoms with Gasteiger partial charge in [0.05, 0.1) is 0 Å². The topological polar surface area (TPSA) is 85.1 Å².